The van der Waals surface area contributed by atoms with Crippen LogP contribution in [0.25, 0.3) is 0 Å². The van der Waals surface area contributed by atoms with E-state index in [4.69, 9.17) is 9.52 Å². The molecule has 0 atom stereocenters. The molecule has 2 N–H and O–H groups in total. The van der Waals surface area contributed by atoms with E-state index in [0.717, 1.165) is 53.9 Å². The molecule has 8 heteroatoms. The fourth-order valence-electron chi connectivity index (χ4n) is 2.61. The van der Waals surface area contributed by atoms with Crippen molar-refractivity contribution in [2.75, 3.05) is 25.5 Å². The number of rotatable bonds is 8. The van der Waals surface area contributed by atoms with Crippen molar-refractivity contribution in [3.8, 4) is 0 Å². The number of anilines is 1. The predicted molar refractivity (Wildman–Crippen MR) is 121 cm³/mol. The molecule has 7 nitrogen and oxygen atoms in total. The highest BCUT2D eigenvalue weighted by Gasteiger charge is 2.13. The second-order valence-corrected chi connectivity index (χ2v) is 6.17. The summed E-state index contributed by atoms with van der Waals surface area (Å²) < 4.78 is 5.42. The zero-order valence-electron chi connectivity index (χ0n) is 16.9. The zero-order chi connectivity index (χ0) is 18.9. The molecule has 0 aliphatic heterocycles. The molecule has 150 valence electrons. The smallest absolute Gasteiger partial charge is 0.191 e. The first-order chi connectivity index (χ1) is 12.6. The Morgan fingerprint density at radius 3 is 2.56 bits per heavy atom. The topological polar surface area (TPSA) is 78.6 Å². The number of hydrogen-bond acceptors (Lipinski definition) is 5. The van der Waals surface area contributed by atoms with Gasteiger partial charge in [0.15, 0.2) is 5.96 Å². The van der Waals surface area contributed by atoms with Crippen LogP contribution >= 0.6 is 24.0 Å². The first-order valence-electron chi connectivity index (χ1n) is 9.20. The summed E-state index contributed by atoms with van der Waals surface area (Å²) in [6.07, 6.45) is 1.67. The first-order valence-corrected chi connectivity index (χ1v) is 9.20. The molecule has 2 heterocycles. The molecule has 27 heavy (non-hydrogen) atoms. The van der Waals surface area contributed by atoms with Crippen LogP contribution in [0.3, 0.4) is 0 Å². The molecule has 0 fully saturated rings. The Hall–Kier alpha value is -1.84. The number of aryl methyl sites for hydroxylation is 2. The van der Waals surface area contributed by atoms with Gasteiger partial charge >= 0.3 is 0 Å². The van der Waals surface area contributed by atoms with Gasteiger partial charge in [-0.25, -0.2) is 9.98 Å². The molecule has 2 aromatic rings. The number of nitrogens with zero attached hydrogens (tertiary/aromatic N) is 4. The van der Waals surface area contributed by atoms with Crippen LogP contribution in [0, 0.1) is 0 Å². The lowest BCUT2D eigenvalue weighted by molar-refractivity contribution is 0.380. The highest BCUT2D eigenvalue weighted by molar-refractivity contribution is 14.0. The third-order valence-electron chi connectivity index (χ3n) is 4.03. The number of nitrogens with one attached hydrogen (secondary N) is 2. The summed E-state index contributed by atoms with van der Waals surface area (Å²) in [6.45, 7) is 8.16. The molecule has 0 aromatic carbocycles. The molecule has 0 spiro atoms. The van der Waals surface area contributed by atoms with Gasteiger partial charge in [-0.1, -0.05) is 25.1 Å². The van der Waals surface area contributed by atoms with E-state index in [9.17, 15) is 0 Å². The minimum absolute atomic E-state index is 0. The van der Waals surface area contributed by atoms with Crippen LogP contribution in [0.4, 0.5) is 5.82 Å². The standard InChI is InChI=1S/C19H30N6O.HI/c1-6-16-15(17(7-2)26-24-16)13-22-19(20-8-3)21-12-14-10-9-11-18(23-14)25(4)5;/h9-11H,6-8,12-13H2,1-5H3,(H2,20,21,22);1H. The fraction of sp³-hybridized carbons (Fsp3) is 0.526. The maximum Gasteiger partial charge on any atom is 0.191 e. The lowest BCUT2D eigenvalue weighted by atomic mass is 10.1. The van der Waals surface area contributed by atoms with Crippen molar-refractivity contribution in [3.05, 3.63) is 40.9 Å². The largest absolute Gasteiger partial charge is 0.363 e. The quantitative estimate of drug-likeness (QED) is 0.339. The van der Waals surface area contributed by atoms with E-state index in [0.29, 0.717) is 13.1 Å². The number of aliphatic imine (C=N–C) groups is 1. The van der Waals surface area contributed by atoms with Crippen molar-refractivity contribution in [3.63, 3.8) is 0 Å². The van der Waals surface area contributed by atoms with Gasteiger partial charge < -0.3 is 20.1 Å². The van der Waals surface area contributed by atoms with Crippen molar-refractivity contribution in [1.82, 2.24) is 20.8 Å². The Kier molecular flexibility index (Phi) is 10.1. The number of aromatic nitrogens is 2. The summed E-state index contributed by atoms with van der Waals surface area (Å²) in [4.78, 5) is 11.3. The van der Waals surface area contributed by atoms with E-state index in [1.54, 1.807) is 0 Å². The Labute approximate surface area is 179 Å². The molecule has 2 aromatic heterocycles. The van der Waals surface area contributed by atoms with Crippen molar-refractivity contribution >= 4 is 35.8 Å². The van der Waals surface area contributed by atoms with Gasteiger partial charge in [0.05, 0.1) is 24.5 Å². The molecular weight excluding hydrogens is 455 g/mol. The van der Waals surface area contributed by atoms with Crippen molar-refractivity contribution < 1.29 is 4.52 Å². The van der Waals surface area contributed by atoms with Gasteiger partial charge in [0, 0.05) is 32.6 Å². The molecule has 0 unspecified atom stereocenters. The molecular formula is C19H31IN6O. The monoisotopic (exact) mass is 486 g/mol. The van der Waals surface area contributed by atoms with E-state index >= 15 is 0 Å². The van der Waals surface area contributed by atoms with E-state index in [2.05, 4.69) is 41.5 Å². The van der Waals surface area contributed by atoms with Crippen LogP contribution in [0.5, 0.6) is 0 Å². The van der Waals surface area contributed by atoms with Gasteiger partial charge in [0.1, 0.15) is 11.6 Å². The third-order valence-corrected chi connectivity index (χ3v) is 4.03. The van der Waals surface area contributed by atoms with E-state index < -0.39 is 0 Å². The maximum atomic E-state index is 5.42. The van der Waals surface area contributed by atoms with Crippen LogP contribution in [-0.4, -0.2) is 36.7 Å². The summed E-state index contributed by atoms with van der Waals surface area (Å²) in [7, 11) is 3.97. The van der Waals surface area contributed by atoms with Crippen molar-refractivity contribution in [2.45, 2.75) is 46.7 Å². The van der Waals surface area contributed by atoms with Gasteiger partial charge in [0.2, 0.25) is 0 Å². The summed E-state index contributed by atoms with van der Waals surface area (Å²) in [5, 5.41) is 10.8. The van der Waals surface area contributed by atoms with Crippen LogP contribution in [0.2, 0.25) is 0 Å². The summed E-state index contributed by atoms with van der Waals surface area (Å²) in [6, 6.07) is 6.02. The first kappa shape index (κ1) is 23.2. The Morgan fingerprint density at radius 2 is 1.93 bits per heavy atom. The van der Waals surface area contributed by atoms with Gasteiger partial charge in [-0.3, -0.25) is 0 Å². The van der Waals surface area contributed by atoms with Crippen LogP contribution < -0.4 is 15.5 Å². The Morgan fingerprint density at radius 1 is 1.15 bits per heavy atom. The molecule has 0 aliphatic rings. The van der Waals surface area contributed by atoms with Crippen LogP contribution in [0.15, 0.2) is 27.7 Å². The third kappa shape index (κ3) is 6.67. The molecule has 0 bridgehead atoms. The minimum atomic E-state index is 0. The summed E-state index contributed by atoms with van der Waals surface area (Å²) in [5.74, 6) is 2.62. The summed E-state index contributed by atoms with van der Waals surface area (Å²) >= 11 is 0. The average molecular weight is 486 g/mol. The summed E-state index contributed by atoms with van der Waals surface area (Å²) in [5.41, 5.74) is 3.05. The number of hydrogen-bond donors (Lipinski definition) is 2. The molecule has 0 amide bonds. The molecule has 0 aliphatic carbocycles. The highest BCUT2D eigenvalue weighted by Crippen LogP contribution is 2.16. The van der Waals surface area contributed by atoms with E-state index in [1.807, 2.05) is 37.2 Å². The fourth-order valence-corrected chi connectivity index (χ4v) is 2.61. The van der Waals surface area contributed by atoms with Gasteiger partial charge in [0.25, 0.3) is 0 Å². The van der Waals surface area contributed by atoms with Gasteiger partial charge in [-0.2, -0.15) is 0 Å². The van der Waals surface area contributed by atoms with Crippen molar-refractivity contribution in [2.24, 2.45) is 4.99 Å². The number of pyridine rings is 1. The minimum Gasteiger partial charge on any atom is -0.363 e. The Bertz CT molecular complexity index is 707. The van der Waals surface area contributed by atoms with E-state index in [1.165, 1.54) is 0 Å². The maximum absolute atomic E-state index is 5.42. The number of halogens is 1. The van der Waals surface area contributed by atoms with Crippen LogP contribution in [0.1, 0.15) is 43.5 Å². The van der Waals surface area contributed by atoms with Gasteiger partial charge in [-0.15, -0.1) is 24.0 Å². The highest BCUT2D eigenvalue weighted by atomic mass is 127. The second kappa shape index (κ2) is 11.8. The average Bonchev–Trinajstić information content (AvgIpc) is 3.06. The zero-order valence-corrected chi connectivity index (χ0v) is 19.2. The molecule has 0 saturated heterocycles. The number of guanidine groups is 1. The molecule has 0 saturated carbocycles. The van der Waals surface area contributed by atoms with Crippen LogP contribution in [-0.2, 0) is 25.9 Å². The Balaban J connectivity index is 0.00000364. The predicted octanol–water partition coefficient (Wildman–Crippen LogP) is 3.13. The SMILES string of the molecule is CCNC(=NCc1c(CC)noc1CC)NCc1cccc(N(C)C)n1.I. The van der Waals surface area contributed by atoms with Crippen molar-refractivity contribution in [1.29, 1.82) is 0 Å². The lowest BCUT2D eigenvalue weighted by Crippen LogP contribution is -2.37. The molecule has 0 radical (unpaired) electrons. The molecule has 2 rings (SSSR count). The second-order valence-electron chi connectivity index (χ2n) is 6.17. The van der Waals surface area contributed by atoms with E-state index in [-0.39, 0.29) is 24.0 Å². The normalized spacial score (nSPS) is 11.1. The van der Waals surface area contributed by atoms with Gasteiger partial charge in [-0.05, 0) is 25.5 Å². The lowest BCUT2D eigenvalue weighted by Gasteiger charge is -2.14.